The number of esters is 2. The summed E-state index contributed by atoms with van der Waals surface area (Å²) < 4.78 is 11.5. The summed E-state index contributed by atoms with van der Waals surface area (Å²) in [5.41, 5.74) is 0.261. The van der Waals surface area contributed by atoms with E-state index < -0.39 is 18.0 Å². The number of benzene rings is 1. The lowest BCUT2D eigenvalue weighted by atomic mass is 10.2. The number of anilines is 2. The molecule has 1 heterocycles. The molecule has 0 bridgehead atoms. The predicted molar refractivity (Wildman–Crippen MR) is 118 cm³/mol. The van der Waals surface area contributed by atoms with Crippen LogP contribution in [0.25, 0.3) is 6.08 Å². The van der Waals surface area contributed by atoms with Crippen molar-refractivity contribution < 1.29 is 23.9 Å². The van der Waals surface area contributed by atoms with Crippen LogP contribution in [-0.2, 0) is 26.1 Å². The van der Waals surface area contributed by atoms with Crippen LogP contribution >= 0.6 is 23.2 Å². The Morgan fingerprint density at radius 3 is 2.23 bits per heavy atom. The van der Waals surface area contributed by atoms with Crippen molar-refractivity contribution in [2.75, 3.05) is 23.8 Å². The van der Waals surface area contributed by atoms with E-state index in [0.717, 1.165) is 0 Å². The smallest absolute Gasteiger partial charge is 0.345 e. The minimum Gasteiger partial charge on any atom is -0.462 e. The fraction of sp³-hybridized carbons (Fsp3) is 0.300. The second-order valence-corrected chi connectivity index (χ2v) is 6.97. The highest BCUT2D eigenvalue weighted by Gasteiger charge is 2.24. The topological polar surface area (TPSA) is 112 Å². The average Bonchev–Trinajstić information content (AvgIpc) is 2.96. The summed E-state index contributed by atoms with van der Waals surface area (Å²) in [5, 5.41) is 5.92. The number of rotatable bonds is 7. The lowest BCUT2D eigenvalue weighted by molar-refractivity contribution is -0.146. The Hall–Kier alpha value is -3.04. The Morgan fingerprint density at radius 1 is 1.06 bits per heavy atom. The molecular weight excluding hydrogens is 447 g/mol. The maximum atomic E-state index is 12.5. The zero-order chi connectivity index (χ0) is 23.1. The third kappa shape index (κ3) is 6.22. The molecule has 166 valence electrons. The van der Waals surface area contributed by atoms with E-state index >= 15 is 0 Å². The first-order chi connectivity index (χ1) is 14.7. The van der Waals surface area contributed by atoms with Gasteiger partial charge in [-0.05, 0) is 45.0 Å². The number of carbonyl (C=O) groups excluding carboxylic acids is 3. The number of halogens is 2. The van der Waals surface area contributed by atoms with Crippen molar-refractivity contribution >= 4 is 58.8 Å². The number of amides is 2. The summed E-state index contributed by atoms with van der Waals surface area (Å²) in [7, 11) is 1.67. The van der Waals surface area contributed by atoms with Gasteiger partial charge in [0, 0.05) is 12.7 Å². The third-order valence-electron chi connectivity index (χ3n) is 4.03. The molecule has 2 amide bonds. The number of ether oxygens (including phenoxy) is 2. The second kappa shape index (κ2) is 10.8. The first-order valence-electron chi connectivity index (χ1n) is 9.30. The summed E-state index contributed by atoms with van der Waals surface area (Å²) in [6, 6.07) is 4.04. The van der Waals surface area contributed by atoms with Gasteiger partial charge in [0.15, 0.2) is 0 Å². The van der Waals surface area contributed by atoms with Crippen molar-refractivity contribution in [2.45, 2.75) is 20.8 Å². The van der Waals surface area contributed by atoms with E-state index in [1.54, 1.807) is 44.5 Å². The van der Waals surface area contributed by atoms with Crippen molar-refractivity contribution in [1.29, 1.82) is 0 Å². The van der Waals surface area contributed by atoms with Crippen LogP contribution in [0.3, 0.4) is 0 Å². The number of aromatic nitrogens is 2. The first kappa shape index (κ1) is 24.2. The molecule has 11 heteroatoms. The molecule has 0 aliphatic rings. The highest BCUT2D eigenvalue weighted by Crippen LogP contribution is 2.25. The van der Waals surface area contributed by atoms with E-state index in [4.69, 9.17) is 32.7 Å². The lowest BCUT2D eigenvalue weighted by Crippen LogP contribution is -2.22. The Labute approximate surface area is 189 Å². The molecule has 2 rings (SSSR count). The molecule has 2 N–H and O–H groups in total. The molecule has 0 atom stereocenters. The van der Waals surface area contributed by atoms with Gasteiger partial charge in [0.05, 0.1) is 23.3 Å². The number of carbonyl (C=O) groups is 3. The number of hydrogen-bond donors (Lipinski definition) is 2. The van der Waals surface area contributed by atoms with Crippen LogP contribution in [0, 0.1) is 6.92 Å². The van der Waals surface area contributed by atoms with Gasteiger partial charge in [-0.3, -0.25) is 5.32 Å². The molecule has 0 radical (unpaired) electrons. The van der Waals surface area contributed by atoms with Crippen molar-refractivity contribution in [3.05, 3.63) is 45.3 Å². The van der Waals surface area contributed by atoms with E-state index in [0.29, 0.717) is 16.5 Å². The molecule has 0 aliphatic carbocycles. The quantitative estimate of drug-likeness (QED) is 0.272. The summed E-state index contributed by atoms with van der Waals surface area (Å²) in [5.74, 6) is -0.921. The highest BCUT2D eigenvalue weighted by molar-refractivity contribution is 6.42. The monoisotopic (exact) mass is 468 g/mol. The van der Waals surface area contributed by atoms with Crippen molar-refractivity contribution in [1.82, 2.24) is 9.55 Å². The van der Waals surface area contributed by atoms with Crippen molar-refractivity contribution in [2.24, 2.45) is 7.05 Å². The number of imidazole rings is 1. The predicted octanol–water partition coefficient (Wildman–Crippen LogP) is 4.19. The van der Waals surface area contributed by atoms with E-state index in [1.165, 1.54) is 12.1 Å². The number of hydrogen-bond acceptors (Lipinski definition) is 6. The molecule has 0 saturated carbocycles. The average molecular weight is 469 g/mol. The van der Waals surface area contributed by atoms with Gasteiger partial charge in [-0.25, -0.2) is 19.4 Å². The first-order valence-corrected chi connectivity index (χ1v) is 10.1. The molecular formula is C20H22Cl2N4O5. The van der Waals surface area contributed by atoms with Crippen LogP contribution in [0.5, 0.6) is 0 Å². The SMILES string of the molecule is CCOC(=O)C(=Cc1nc(C)n(C)c1NC(=O)Nc1ccc(Cl)c(Cl)c1)C(=O)OCC. The molecule has 9 nitrogen and oxygen atoms in total. The Balaban J connectivity index is 2.35. The zero-order valence-corrected chi connectivity index (χ0v) is 18.9. The standard InChI is InChI=1S/C20H22Cl2N4O5/c1-5-30-18(27)13(19(28)31-6-2)10-16-17(26(4)11(3)23-16)25-20(29)24-12-7-8-14(21)15(22)9-12/h7-10H,5-6H2,1-4H3,(H2,24,25,29). The van der Waals surface area contributed by atoms with Gasteiger partial charge in [0.2, 0.25) is 0 Å². The van der Waals surface area contributed by atoms with Crippen molar-refractivity contribution in [3.63, 3.8) is 0 Å². The summed E-state index contributed by atoms with van der Waals surface area (Å²) >= 11 is 11.8. The van der Waals surface area contributed by atoms with Gasteiger partial charge in [-0.2, -0.15) is 0 Å². The van der Waals surface area contributed by atoms with Crippen LogP contribution < -0.4 is 10.6 Å². The van der Waals surface area contributed by atoms with Crippen LogP contribution in [0.1, 0.15) is 25.4 Å². The number of nitrogens with zero attached hydrogens (tertiary/aromatic N) is 2. The van der Waals surface area contributed by atoms with E-state index in [-0.39, 0.29) is 35.3 Å². The Kier molecular flexibility index (Phi) is 8.47. The van der Waals surface area contributed by atoms with Gasteiger partial charge < -0.3 is 19.4 Å². The molecule has 0 aliphatic heterocycles. The fourth-order valence-electron chi connectivity index (χ4n) is 2.48. The summed E-state index contributed by atoms with van der Waals surface area (Å²) in [4.78, 5) is 41.3. The molecule has 0 unspecified atom stereocenters. The van der Waals surface area contributed by atoms with Gasteiger partial charge in [-0.15, -0.1) is 0 Å². The highest BCUT2D eigenvalue weighted by atomic mass is 35.5. The van der Waals surface area contributed by atoms with Gasteiger partial charge in [0.1, 0.15) is 22.9 Å². The lowest BCUT2D eigenvalue weighted by Gasteiger charge is -2.11. The molecule has 0 saturated heterocycles. The number of aryl methyl sites for hydroxylation is 1. The molecule has 0 fully saturated rings. The molecule has 1 aromatic heterocycles. The summed E-state index contributed by atoms with van der Waals surface area (Å²) in [6.45, 7) is 5.09. The van der Waals surface area contributed by atoms with Gasteiger partial charge >= 0.3 is 18.0 Å². The number of urea groups is 1. The minimum absolute atomic E-state index is 0.0774. The van der Waals surface area contributed by atoms with E-state index in [9.17, 15) is 14.4 Å². The Morgan fingerprint density at radius 2 is 1.68 bits per heavy atom. The third-order valence-corrected chi connectivity index (χ3v) is 4.77. The molecule has 31 heavy (non-hydrogen) atoms. The van der Waals surface area contributed by atoms with Gasteiger partial charge in [0.25, 0.3) is 0 Å². The number of nitrogens with one attached hydrogen (secondary N) is 2. The zero-order valence-electron chi connectivity index (χ0n) is 17.4. The van der Waals surface area contributed by atoms with Crippen molar-refractivity contribution in [3.8, 4) is 0 Å². The molecule has 1 aromatic carbocycles. The normalized spacial score (nSPS) is 10.3. The minimum atomic E-state index is -0.851. The van der Waals surface area contributed by atoms with E-state index in [2.05, 4.69) is 15.6 Å². The van der Waals surface area contributed by atoms with E-state index in [1.807, 2.05) is 0 Å². The summed E-state index contributed by atoms with van der Waals surface area (Å²) in [6.07, 6.45) is 1.22. The Bertz CT molecular complexity index is 1010. The maximum absolute atomic E-state index is 12.5. The van der Waals surface area contributed by atoms with Crippen LogP contribution in [0.2, 0.25) is 10.0 Å². The molecule has 2 aromatic rings. The fourth-order valence-corrected chi connectivity index (χ4v) is 2.78. The maximum Gasteiger partial charge on any atom is 0.345 e. The van der Waals surface area contributed by atoms with Crippen LogP contribution in [-0.4, -0.2) is 40.7 Å². The second-order valence-electron chi connectivity index (χ2n) is 6.16. The van der Waals surface area contributed by atoms with Crippen LogP contribution in [0.4, 0.5) is 16.3 Å². The molecule has 0 spiro atoms. The largest absolute Gasteiger partial charge is 0.462 e. The van der Waals surface area contributed by atoms with Crippen LogP contribution in [0.15, 0.2) is 23.8 Å². The van der Waals surface area contributed by atoms with Gasteiger partial charge in [-0.1, -0.05) is 23.2 Å².